The average Bonchev–Trinajstić information content (AvgIpc) is 2.54. The summed E-state index contributed by atoms with van der Waals surface area (Å²) < 4.78 is 10.3. The zero-order valence-electron chi connectivity index (χ0n) is 12.4. The van der Waals surface area contributed by atoms with Crippen molar-refractivity contribution in [1.82, 2.24) is 0 Å². The molecule has 2 aromatic carbocycles. The van der Waals surface area contributed by atoms with Gasteiger partial charge in [-0.3, -0.25) is 4.99 Å². The van der Waals surface area contributed by atoms with E-state index in [0.717, 1.165) is 17.0 Å². The largest absolute Gasteiger partial charge is 0.497 e. The Bertz CT molecular complexity index is 647. The van der Waals surface area contributed by atoms with Gasteiger partial charge < -0.3 is 14.6 Å². The predicted molar refractivity (Wildman–Crippen MR) is 84.4 cm³/mol. The number of carboxylic acids is 1. The van der Waals surface area contributed by atoms with Crippen LogP contribution in [0.25, 0.3) is 0 Å². The molecule has 0 heterocycles. The minimum atomic E-state index is -0.995. The SMILES string of the molecule is COc1ccc(N=Cc2ccc(OC(C)C(=O)O)cc2)cc1. The lowest BCUT2D eigenvalue weighted by Gasteiger charge is -2.09. The molecule has 0 aliphatic rings. The second-order valence-corrected chi connectivity index (χ2v) is 4.62. The van der Waals surface area contributed by atoms with Crippen LogP contribution >= 0.6 is 0 Å². The lowest BCUT2D eigenvalue weighted by molar-refractivity contribution is -0.144. The molecule has 1 N–H and O–H groups in total. The fraction of sp³-hybridized carbons (Fsp3) is 0.176. The van der Waals surface area contributed by atoms with Crippen molar-refractivity contribution in [3.8, 4) is 11.5 Å². The van der Waals surface area contributed by atoms with Crippen LogP contribution in [0.15, 0.2) is 53.5 Å². The minimum Gasteiger partial charge on any atom is -0.497 e. The number of methoxy groups -OCH3 is 1. The van der Waals surface area contributed by atoms with Gasteiger partial charge in [-0.05, 0) is 61.0 Å². The van der Waals surface area contributed by atoms with Crippen LogP contribution in [0, 0.1) is 0 Å². The molecular formula is C17H17NO4. The number of carboxylic acid groups (broad SMARTS) is 1. The van der Waals surface area contributed by atoms with Gasteiger partial charge in [0.2, 0.25) is 0 Å². The van der Waals surface area contributed by atoms with Crippen LogP contribution in [0.3, 0.4) is 0 Å². The van der Waals surface area contributed by atoms with Crippen molar-refractivity contribution in [1.29, 1.82) is 0 Å². The van der Waals surface area contributed by atoms with Crippen LogP contribution in [0.2, 0.25) is 0 Å². The third-order valence-corrected chi connectivity index (χ3v) is 2.98. The summed E-state index contributed by atoms with van der Waals surface area (Å²) in [5, 5.41) is 8.79. The molecule has 0 saturated heterocycles. The van der Waals surface area contributed by atoms with Crippen molar-refractivity contribution >= 4 is 17.9 Å². The third-order valence-electron chi connectivity index (χ3n) is 2.98. The molecule has 1 atom stereocenters. The highest BCUT2D eigenvalue weighted by atomic mass is 16.5. The van der Waals surface area contributed by atoms with Crippen LogP contribution in [-0.4, -0.2) is 30.5 Å². The minimum absolute atomic E-state index is 0.511. The van der Waals surface area contributed by atoms with E-state index in [1.54, 1.807) is 25.5 Å². The number of benzene rings is 2. The molecule has 22 heavy (non-hydrogen) atoms. The van der Waals surface area contributed by atoms with Gasteiger partial charge in [-0.15, -0.1) is 0 Å². The van der Waals surface area contributed by atoms with E-state index < -0.39 is 12.1 Å². The molecule has 5 heteroatoms. The number of hydrogen-bond donors (Lipinski definition) is 1. The first-order valence-electron chi connectivity index (χ1n) is 6.76. The maximum Gasteiger partial charge on any atom is 0.344 e. The van der Waals surface area contributed by atoms with Gasteiger partial charge in [-0.25, -0.2) is 4.79 Å². The zero-order chi connectivity index (χ0) is 15.9. The molecule has 0 spiro atoms. The van der Waals surface area contributed by atoms with Gasteiger partial charge in [0.25, 0.3) is 0 Å². The van der Waals surface area contributed by atoms with Gasteiger partial charge in [0.15, 0.2) is 6.10 Å². The van der Waals surface area contributed by atoms with Gasteiger partial charge in [-0.2, -0.15) is 0 Å². The number of rotatable bonds is 6. The van der Waals surface area contributed by atoms with Crippen LogP contribution < -0.4 is 9.47 Å². The first-order valence-corrected chi connectivity index (χ1v) is 6.76. The average molecular weight is 299 g/mol. The molecule has 0 bridgehead atoms. The molecule has 0 radical (unpaired) electrons. The van der Waals surface area contributed by atoms with Gasteiger partial charge in [0, 0.05) is 6.21 Å². The van der Waals surface area contributed by atoms with E-state index in [0.29, 0.717) is 5.75 Å². The second kappa shape index (κ2) is 7.26. The summed E-state index contributed by atoms with van der Waals surface area (Å²) in [7, 11) is 1.62. The lowest BCUT2D eigenvalue weighted by Crippen LogP contribution is -2.22. The topological polar surface area (TPSA) is 68.1 Å². The molecule has 114 valence electrons. The quantitative estimate of drug-likeness (QED) is 0.831. The zero-order valence-corrected chi connectivity index (χ0v) is 12.4. The Labute approximate surface area is 128 Å². The number of hydrogen-bond acceptors (Lipinski definition) is 4. The normalized spacial score (nSPS) is 12.1. The first-order chi connectivity index (χ1) is 10.6. The van der Waals surface area contributed by atoms with E-state index in [1.807, 2.05) is 36.4 Å². The summed E-state index contributed by atoms with van der Waals surface area (Å²) in [5.74, 6) is 0.301. The molecular weight excluding hydrogens is 282 g/mol. The molecule has 5 nitrogen and oxygen atoms in total. The van der Waals surface area contributed by atoms with Crippen molar-refractivity contribution in [2.75, 3.05) is 7.11 Å². The highest BCUT2D eigenvalue weighted by Crippen LogP contribution is 2.18. The van der Waals surface area contributed by atoms with Crippen molar-refractivity contribution in [3.63, 3.8) is 0 Å². The van der Waals surface area contributed by atoms with Crippen molar-refractivity contribution in [2.45, 2.75) is 13.0 Å². The number of carbonyl (C=O) groups is 1. The molecule has 0 aromatic heterocycles. The van der Waals surface area contributed by atoms with Crippen LogP contribution in [0.4, 0.5) is 5.69 Å². The summed E-state index contributed by atoms with van der Waals surface area (Å²) in [6, 6.07) is 14.5. The second-order valence-electron chi connectivity index (χ2n) is 4.62. The summed E-state index contributed by atoms with van der Waals surface area (Å²) in [4.78, 5) is 15.1. The maximum atomic E-state index is 10.7. The molecule has 2 aromatic rings. The highest BCUT2D eigenvalue weighted by Gasteiger charge is 2.11. The van der Waals surface area contributed by atoms with Crippen molar-refractivity contribution in [3.05, 3.63) is 54.1 Å². The maximum absolute atomic E-state index is 10.7. The molecule has 0 aliphatic carbocycles. The fourth-order valence-electron chi connectivity index (χ4n) is 1.70. The Morgan fingerprint density at radius 2 is 1.68 bits per heavy atom. The van der Waals surface area contributed by atoms with E-state index in [9.17, 15) is 4.79 Å². The monoisotopic (exact) mass is 299 g/mol. The number of aliphatic imine (C=N–C) groups is 1. The summed E-state index contributed by atoms with van der Waals surface area (Å²) in [6.45, 7) is 1.49. The van der Waals surface area contributed by atoms with Crippen LogP contribution in [-0.2, 0) is 4.79 Å². The van der Waals surface area contributed by atoms with Gasteiger partial charge in [-0.1, -0.05) is 0 Å². The van der Waals surface area contributed by atoms with E-state index in [2.05, 4.69) is 4.99 Å². The van der Waals surface area contributed by atoms with Crippen molar-refractivity contribution < 1.29 is 19.4 Å². The standard InChI is InChI=1S/C17H17NO4/c1-12(17(19)20)22-16-7-3-13(4-8-16)11-18-14-5-9-15(21-2)10-6-14/h3-12H,1-2H3,(H,19,20). The Balaban J connectivity index is 2.00. The van der Waals surface area contributed by atoms with Crippen molar-refractivity contribution in [2.24, 2.45) is 4.99 Å². The van der Waals surface area contributed by atoms with Gasteiger partial charge in [0.1, 0.15) is 11.5 Å². The number of nitrogens with zero attached hydrogens (tertiary/aromatic N) is 1. The Hall–Kier alpha value is -2.82. The first kappa shape index (κ1) is 15.6. The predicted octanol–water partition coefficient (Wildman–Crippen LogP) is 3.30. The van der Waals surface area contributed by atoms with Gasteiger partial charge >= 0.3 is 5.97 Å². The molecule has 2 rings (SSSR count). The number of ether oxygens (including phenoxy) is 2. The Morgan fingerprint density at radius 1 is 1.09 bits per heavy atom. The summed E-state index contributed by atoms with van der Waals surface area (Å²) in [6.07, 6.45) is 0.852. The van der Waals surface area contributed by atoms with Crippen LogP contribution in [0.1, 0.15) is 12.5 Å². The Morgan fingerprint density at radius 3 is 2.23 bits per heavy atom. The molecule has 1 unspecified atom stereocenters. The van der Waals surface area contributed by atoms with E-state index >= 15 is 0 Å². The molecule has 0 aliphatic heterocycles. The molecule has 0 saturated carbocycles. The molecule has 0 fully saturated rings. The summed E-state index contributed by atoms with van der Waals surface area (Å²) in [5.41, 5.74) is 1.71. The molecule has 0 amide bonds. The van der Waals surface area contributed by atoms with E-state index in [-0.39, 0.29) is 0 Å². The smallest absolute Gasteiger partial charge is 0.344 e. The van der Waals surface area contributed by atoms with Crippen LogP contribution in [0.5, 0.6) is 11.5 Å². The lowest BCUT2D eigenvalue weighted by atomic mass is 10.2. The van der Waals surface area contributed by atoms with E-state index in [1.165, 1.54) is 6.92 Å². The third kappa shape index (κ3) is 4.34. The highest BCUT2D eigenvalue weighted by molar-refractivity contribution is 5.82. The fourth-order valence-corrected chi connectivity index (χ4v) is 1.70. The number of aliphatic carboxylic acids is 1. The Kier molecular flexibility index (Phi) is 5.14. The van der Waals surface area contributed by atoms with Gasteiger partial charge in [0.05, 0.1) is 12.8 Å². The summed E-state index contributed by atoms with van der Waals surface area (Å²) >= 11 is 0. The van der Waals surface area contributed by atoms with E-state index in [4.69, 9.17) is 14.6 Å².